The lowest BCUT2D eigenvalue weighted by Crippen LogP contribution is -2.34. The predicted molar refractivity (Wildman–Crippen MR) is 84.3 cm³/mol. The standard InChI is InChI=1S/C14H24N6O/c1-3-5-16-12-10-13(18-14(15)17-12)20-7-4-6-19(8-9-20)11(2)21/h10H,3-9H2,1-2H3,(H3,15,16,17,18). The van der Waals surface area contributed by atoms with Crippen molar-refractivity contribution in [1.29, 1.82) is 0 Å². The molecule has 2 heterocycles. The first-order valence-electron chi connectivity index (χ1n) is 7.49. The van der Waals surface area contributed by atoms with E-state index in [9.17, 15) is 4.79 Å². The molecular formula is C14H24N6O. The number of hydrogen-bond donors (Lipinski definition) is 2. The molecule has 1 aliphatic heterocycles. The van der Waals surface area contributed by atoms with Gasteiger partial charge in [0.25, 0.3) is 0 Å². The van der Waals surface area contributed by atoms with E-state index >= 15 is 0 Å². The van der Waals surface area contributed by atoms with Crippen LogP contribution in [-0.2, 0) is 4.79 Å². The molecule has 1 aromatic heterocycles. The number of aromatic nitrogens is 2. The Morgan fingerprint density at radius 3 is 2.86 bits per heavy atom. The quantitative estimate of drug-likeness (QED) is 0.859. The lowest BCUT2D eigenvalue weighted by atomic mass is 10.3. The second-order valence-corrected chi connectivity index (χ2v) is 5.24. The predicted octanol–water partition coefficient (Wildman–Crippen LogP) is 0.939. The highest BCUT2D eigenvalue weighted by molar-refractivity contribution is 5.73. The van der Waals surface area contributed by atoms with E-state index in [0.29, 0.717) is 0 Å². The van der Waals surface area contributed by atoms with Crippen molar-refractivity contribution in [2.24, 2.45) is 0 Å². The van der Waals surface area contributed by atoms with E-state index in [1.165, 1.54) is 0 Å². The van der Waals surface area contributed by atoms with Gasteiger partial charge in [0.2, 0.25) is 11.9 Å². The molecule has 0 unspecified atom stereocenters. The van der Waals surface area contributed by atoms with Crippen molar-refractivity contribution in [3.8, 4) is 0 Å². The Bertz CT molecular complexity index is 492. The molecular weight excluding hydrogens is 268 g/mol. The number of nitrogen functional groups attached to an aromatic ring is 1. The van der Waals surface area contributed by atoms with Crippen molar-refractivity contribution in [3.63, 3.8) is 0 Å². The minimum atomic E-state index is 0.129. The SMILES string of the molecule is CCCNc1cc(N2CCCN(C(C)=O)CC2)nc(N)n1. The normalized spacial score (nSPS) is 15.7. The van der Waals surface area contributed by atoms with E-state index in [0.717, 1.165) is 57.2 Å². The van der Waals surface area contributed by atoms with Crippen LogP contribution in [0.4, 0.5) is 17.6 Å². The van der Waals surface area contributed by atoms with Crippen molar-refractivity contribution in [2.45, 2.75) is 26.7 Å². The Balaban J connectivity index is 2.10. The van der Waals surface area contributed by atoms with Gasteiger partial charge in [-0.2, -0.15) is 9.97 Å². The summed E-state index contributed by atoms with van der Waals surface area (Å²) in [6, 6.07) is 1.93. The van der Waals surface area contributed by atoms with Gasteiger partial charge in [-0.1, -0.05) is 6.92 Å². The summed E-state index contributed by atoms with van der Waals surface area (Å²) in [5.74, 6) is 1.99. The highest BCUT2D eigenvalue weighted by Crippen LogP contribution is 2.18. The number of carbonyl (C=O) groups is 1. The molecule has 7 heteroatoms. The molecule has 0 atom stereocenters. The smallest absolute Gasteiger partial charge is 0.223 e. The third-order valence-corrected chi connectivity index (χ3v) is 3.55. The molecule has 1 fully saturated rings. The minimum Gasteiger partial charge on any atom is -0.370 e. The summed E-state index contributed by atoms with van der Waals surface area (Å²) >= 11 is 0. The van der Waals surface area contributed by atoms with Crippen LogP contribution < -0.4 is 16.0 Å². The van der Waals surface area contributed by atoms with Crippen LogP contribution in [0.25, 0.3) is 0 Å². The number of hydrogen-bond acceptors (Lipinski definition) is 6. The van der Waals surface area contributed by atoms with Crippen molar-refractivity contribution in [2.75, 3.05) is 48.7 Å². The van der Waals surface area contributed by atoms with Gasteiger partial charge in [-0.15, -0.1) is 0 Å². The molecule has 2 rings (SSSR count). The van der Waals surface area contributed by atoms with E-state index in [2.05, 4.69) is 27.1 Å². The molecule has 1 aliphatic rings. The van der Waals surface area contributed by atoms with E-state index in [4.69, 9.17) is 5.73 Å². The summed E-state index contributed by atoms with van der Waals surface area (Å²) in [7, 11) is 0. The molecule has 116 valence electrons. The number of carbonyl (C=O) groups excluding carboxylic acids is 1. The lowest BCUT2D eigenvalue weighted by molar-refractivity contribution is -0.128. The van der Waals surface area contributed by atoms with Gasteiger partial charge in [0.05, 0.1) is 0 Å². The van der Waals surface area contributed by atoms with Gasteiger partial charge in [0.1, 0.15) is 11.6 Å². The molecule has 7 nitrogen and oxygen atoms in total. The zero-order valence-corrected chi connectivity index (χ0v) is 12.8. The van der Waals surface area contributed by atoms with E-state index in [1.807, 2.05) is 11.0 Å². The topological polar surface area (TPSA) is 87.4 Å². The van der Waals surface area contributed by atoms with Gasteiger partial charge < -0.3 is 20.9 Å². The third kappa shape index (κ3) is 4.21. The summed E-state index contributed by atoms with van der Waals surface area (Å²) in [4.78, 5) is 24.0. The molecule has 0 aromatic carbocycles. The molecule has 0 radical (unpaired) electrons. The molecule has 0 bridgehead atoms. The first-order valence-corrected chi connectivity index (χ1v) is 7.49. The number of nitrogens with zero attached hydrogens (tertiary/aromatic N) is 4. The maximum Gasteiger partial charge on any atom is 0.223 e. The summed E-state index contributed by atoms with van der Waals surface area (Å²) in [5, 5.41) is 3.23. The third-order valence-electron chi connectivity index (χ3n) is 3.55. The lowest BCUT2D eigenvalue weighted by Gasteiger charge is -2.22. The Kier molecular flexibility index (Phi) is 5.19. The van der Waals surface area contributed by atoms with E-state index in [1.54, 1.807) is 6.92 Å². The van der Waals surface area contributed by atoms with Crippen LogP contribution in [-0.4, -0.2) is 53.5 Å². The first-order chi connectivity index (χ1) is 10.1. The fourth-order valence-electron chi connectivity index (χ4n) is 2.42. The highest BCUT2D eigenvalue weighted by Gasteiger charge is 2.18. The average Bonchev–Trinajstić information content (AvgIpc) is 2.70. The minimum absolute atomic E-state index is 0.129. The fraction of sp³-hybridized carbons (Fsp3) is 0.643. The summed E-state index contributed by atoms with van der Waals surface area (Å²) in [6.45, 7) is 7.73. The van der Waals surface area contributed by atoms with Crippen molar-refractivity contribution >= 4 is 23.5 Å². The van der Waals surface area contributed by atoms with E-state index < -0.39 is 0 Å². The maximum absolute atomic E-state index is 11.5. The van der Waals surface area contributed by atoms with Crippen LogP contribution in [0, 0.1) is 0 Å². The zero-order chi connectivity index (χ0) is 15.2. The Morgan fingerprint density at radius 1 is 1.33 bits per heavy atom. The Morgan fingerprint density at radius 2 is 2.14 bits per heavy atom. The van der Waals surface area contributed by atoms with E-state index in [-0.39, 0.29) is 11.9 Å². The molecule has 0 aliphatic carbocycles. The summed E-state index contributed by atoms with van der Waals surface area (Å²) < 4.78 is 0. The molecule has 0 saturated carbocycles. The number of nitrogens with one attached hydrogen (secondary N) is 1. The average molecular weight is 292 g/mol. The number of nitrogens with two attached hydrogens (primary N) is 1. The van der Waals surface area contributed by atoms with Crippen LogP contribution in [0.1, 0.15) is 26.7 Å². The van der Waals surface area contributed by atoms with Gasteiger partial charge >= 0.3 is 0 Å². The zero-order valence-electron chi connectivity index (χ0n) is 12.8. The van der Waals surface area contributed by atoms with Crippen LogP contribution in [0.3, 0.4) is 0 Å². The molecule has 0 spiro atoms. The Labute approximate surface area is 125 Å². The van der Waals surface area contributed by atoms with Gasteiger partial charge in [-0.25, -0.2) is 0 Å². The second kappa shape index (κ2) is 7.10. The second-order valence-electron chi connectivity index (χ2n) is 5.24. The fourth-order valence-corrected chi connectivity index (χ4v) is 2.42. The monoisotopic (exact) mass is 292 g/mol. The largest absolute Gasteiger partial charge is 0.370 e. The maximum atomic E-state index is 11.5. The highest BCUT2D eigenvalue weighted by atomic mass is 16.2. The van der Waals surface area contributed by atoms with Crippen molar-refractivity contribution < 1.29 is 4.79 Å². The summed E-state index contributed by atoms with van der Waals surface area (Å²) in [5.41, 5.74) is 5.80. The van der Waals surface area contributed by atoms with Crippen molar-refractivity contribution in [1.82, 2.24) is 14.9 Å². The molecule has 1 aromatic rings. The summed E-state index contributed by atoms with van der Waals surface area (Å²) in [6.07, 6.45) is 1.96. The molecule has 1 amide bonds. The number of anilines is 3. The van der Waals surface area contributed by atoms with Crippen LogP contribution in [0.15, 0.2) is 6.07 Å². The van der Waals surface area contributed by atoms with Crippen LogP contribution in [0.2, 0.25) is 0 Å². The first kappa shape index (κ1) is 15.3. The van der Waals surface area contributed by atoms with Gasteiger partial charge in [0, 0.05) is 45.7 Å². The van der Waals surface area contributed by atoms with Gasteiger partial charge in [-0.05, 0) is 12.8 Å². The molecule has 21 heavy (non-hydrogen) atoms. The number of rotatable bonds is 4. The van der Waals surface area contributed by atoms with Crippen molar-refractivity contribution in [3.05, 3.63) is 6.07 Å². The molecule has 1 saturated heterocycles. The van der Waals surface area contributed by atoms with Gasteiger partial charge in [0.15, 0.2) is 0 Å². The molecule has 3 N–H and O–H groups in total. The van der Waals surface area contributed by atoms with Crippen LogP contribution in [0.5, 0.6) is 0 Å². The van der Waals surface area contributed by atoms with Gasteiger partial charge in [-0.3, -0.25) is 4.79 Å². The Hall–Kier alpha value is -2.05. The number of amides is 1. The van der Waals surface area contributed by atoms with Crippen LogP contribution >= 0.6 is 0 Å².